The fourth-order valence-corrected chi connectivity index (χ4v) is 0.884. The Morgan fingerprint density at radius 3 is 2.43 bits per heavy atom. The average Bonchev–Trinajstić information content (AvgIpc) is 2.58. The van der Waals surface area contributed by atoms with E-state index in [0.717, 1.165) is 0 Å². The van der Waals surface area contributed by atoms with Crippen LogP contribution < -0.4 is 4.90 Å². The fraction of sp³-hybridized carbons (Fsp3) is 0.333. The zero-order valence-corrected chi connectivity index (χ0v) is 7.50. The molecule has 0 aliphatic heterocycles. The summed E-state index contributed by atoms with van der Waals surface area (Å²) in [7, 11) is 0. The van der Waals surface area contributed by atoms with Gasteiger partial charge in [0, 0.05) is 5.16 Å². The lowest BCUT2D eigenvalue weighted by Crippen LogP contribution is -2.31. The molecule has 8 nitrogen and oxygen atoms in total. The van der Waals surface area contributed by atoms with Crippen molar-refractivity contribution >= 4 is 11.4 Å². The van der Waals surface area contributed by atoms with Crippen LogP contribution in [-0.2, 0) is 0 Å². The van der Waals surface area contributed by atoms with Crippen LogP contribution in [0.1, 0.15) is 25.2 Å². The number of hydrogen-bond acceptors (Lipinski definition) is 7. The molecule has 0 aliphatic rings. The Hall–Kier alpha value is -2.12. The molecule has 1 aromatic rings. The highest BCUT2D eigenvalue weighted by Crippen LogP contribution is 2.04. The van der Waals surface area contributed by atoms with Gasteiger partial charge in [-0.05, 0) is 18.8 Å². The topological polar surface area (TPSA) is 118 Å². The summed E-state index contributed by atoms with van der Waals surface area (Å²) in [6, 6.07) is 0. The standard InChI is InChI=1S/C6H8N4O4/c1-3(7-11)5-6(4(2)8-12)10(13)14-9-5/h11-12H,1-2H3/b7-3+,8-4-. The Morgan fingerprint density at radius 1 is 1.36 bits per heavy atom. The first-order valence-corrected chi connectivity index (χ1v) is 3.59. The summed E-state index contributed by atoms with van der Waals surface area (Å²) in [5.41, 5.74) is 0.0289. The van der Waals surface area contributed by atoms with Crippen molar-refractivity contribution in [2.75, 3.05) is 0 Å². The van der Waals surface area contributed by atoms with E-state index in [0.29, 0.717) is 0 Å². The van der Waals surface area contributed by atoms with E-state index in [1.165, 1.54) is 13.8 Å². The number of rotatable bonds is 2. The fourth-order valence-electron chi connectivity index (χ4n) is 0.884. The van der Waals surface area contributed by atoms with Crippen LogP contribution in [-0.4, -0.2) is 27.0 Å². The third-order valence-electron chi connectivity index (χ3n) is 1.60. The second-order valence-corrected chi connectivity index (χ2v) is 2.50. The zero-order chi connectivity index (χ0) is 10.7. The van der Waals surface area contributed by atoms with Crippen molar-refractivity contribution in [2.24, 2.45) is 10.3 Å². The molecule has 1 rings (SSSR count). The van der Waals surface area contributed by atoms with Gasteiger partial charge in [-0.3, -0.25) is 4.63 Å². The molecule has 76 valence electrons. The van der Waals surface area contributed by atoms with Crippen molar-refractivity contribution in [3.63, 3.8) is 0 Å². The van der Waals surface area contributed by atoms with Gasteiger partial charge in [0.2, 0.25) is 0 Å². The minimum atomic E-state index is -0.0946. The van der Waals surface area contributed by atoms with E-state index >= 15 is 0 Å². The van der Waals surface area contributed by atoms with Crippen LogP contribution in [0, 0.1) is 5.21 Å². The van der Waals surface area contributed by atoms with Crippen molar-refractivity contribution in [2.45, 2.75) is 13.8 Å². The smallest absolute Gasteiger partial charge is 0.274 e. The van der Waals surface area contributed by atoms with Gasteiger partial charge in [0.1, 0.15) is 11.4 Å². The molecule has 0 atom stereocenters. The van der Waals surface area contributed by atoms with E-state index in [-0.39, 0.29) is 27.7 Å². The third-order valence-corrected chi connectivity index (χ3v) is 1.60. The first kappa shape index (κ1) is 9.96. The van der Waals surface area contributed by atoms with Crippen LogP contribution in [0.15, 0.2) is 14.9 Å². The van der Waals surface area contributed by atoms with Gasteiger partial charge in [0.15, 0.2) is 0 Å². The van der Waals surface area contributed by atoms with E-state index in [1.54, 1.807) is 0 Å². The molecule has 0 radical (unpaired) electrons. The van der Waals surface area contributed by atoms with Crippen LogP contribution >= 0.6 is 0 Å². The first-order valence-electron chi connectivity index (χ1n) is 3.59. The minimum Gasteiger partial charge on any atom is -0.411 e. The Kier molecular flexibility index (Phi) is 2.65. The minimum absolute atomic E-state index is 0.0132. The highest BCUT2D eigenvalue weighted by Gasteiger charge is 2.24. The Morgan fingerprint density at radius 2 is 1.93 bits per heavy atom. The summed E-state index contributed by atoms with van der Waals surface area (Å²) in [5.74, 6) is 0. The monoisotopic (exact) mass is 200 g/mol. The maximum Gasteiger partial charge on any atom is 0.274 e. The Balaban J connectivity index is 3.33. The molecule has 1 aromatic heterocycles. The molecule has 8 heteroatoms. The summed E-state index contributed by atoms with van der Waals surface area (Å²) in [6.07, 6.45) is 0. The van der Waals surface area contributed by atoms with Gasteiger partial charge >= 0.3 is 0 Å². The number of hydrogen-bond donors (Lipinski definition) is 2. The van der Waals surface area contributed by atoms with Crippen LogP contribution in [0.5, 0.6) is 0 Å². The molecule has 0 amide bonds. The van der Waals surface area contributed by atoms with E-state index in [9.17, 15) is 5.21 Å². The van der Waals surface area contributed by atoms with Crippen LogP contribution in [0.2, 0.25) is 0 Å². The molecule has 2 N–H and O–H groups in total. The first-order chi connectivity index (χ1) is 6.61. The van der Waals surface area contributed by atoms with Gasteiger partial charge < -0.3 is 15.6 Å². The van der Waals surface area contributed by atoms with E-state index < -0.39 is 0 Å². The molecule has 0 aliphatic carbocycles. The van der Waals surface area contributed by atoms with Gasteiger partial charge in [-0.15, -0.1) is 0 Å². The van der Waals surface area contributed by atoms with Crippen molar-refractivity contribution in [1.29, 1.82) is 0 Å². The number of aromatic nitrogens is 2. The molecule has 0 saturated carbocycles. The lowest BCUT2D eigenvalue weighted by atomic mass is 10.2. The molecule has 0 unspecified atom stereocenters. The number of oxime groups is 2. The van der Waals surface area contributed by atoms with Crippen molar-refractivity contribution in [3.8, 4) is 0 Å². The molecule has 0 bridgehead atoms. The van der Waals surface area contributed by atoms with Crippen LogP contribution in [0.3, 0.4) is 0 Å². The van der Waals surface area contributed by atoms with Crippen LogP contribution in [0.25, 0.3) is 0 Å². The third kappa shape index (κ3) is 1.49. The van der Waals surface area contributed by atoms with Crippen molar-refractivity contribution in [3.05, 3.63) is 16.6 Å². The number of nitrogens with zero attached hydrogens (tertiary/aromatic N) is 4. The van der Waals surface area contributed by atoms with E-state index in [4.69, 9.17) is 10.4 Å². The lowest BCUT2D eigenvalue weighted by molar-refractivity contribution is -0.803. The maximum absolute atomic E-state index is 11.0. The largest absolute Gasteiger partial charge is 0.411 e. The normalized spacial score (nSPS) is 13.3. The molecule has 1 heterocycles. The summed E-state index contributed by atoms with van der Waals surface area (Å²) < 4.78 is 4.27. The predicted molar refractivity (Wildman–Crippen MR) is 43.5 cm³/mol. The lowest BCUT2D eigenvalue weighted by Gasteiger charge is -1.93. The quantitative estimate of drug-likeness (QED) is 0.294. The summed E-state index contributed by atoms with van der Waals surface area (Å²) in [4.78, 5) is 0.0685. The molecule has 0 spiro atoms. The van der Waals surface area contributed by atoms with Gasteiger partial charge in [0.05, 0.1) is 0 Å². The molecule has 0 fully saturated rings. The summed E-state index contributed by atoms with van der Waals surface area (Å²) in [5, 5.41) is 37.0. The van der Waals surface area contributed by atoms with Crippen LogP contribution in [0.4, 0.5) is 0 Å². The second kappa shape index (κ2) is 3.73. The van der Waals surface area contributed by atoms with Gasteiger partial charge in [-0.25, -0.2) is 0 Å². The average molecular weight is 200 g/mol. The van der Waals surface area contributed by atoms with Gasteiger partial charge in [-0.2, -0.15) is 0 Å². The second-order valence-electron chi connectivity index (χ2n) is 2.50. The van der Waals surface area contributed by atoms with Gasteiger partial charge in [-0.1, -0.05) is 10.3 Å². The summed E-state index contributed by atoms with van der Waals surface area (Å²) in [6.45, 7) is 2.81. The molecule has 0 aromatic carbocycles. The highest BCUT2D eigenvalue weighted by molar-refractivity contribution is 6.07. The highest BCUT2D eigenvalue weighted by atomic mass is 16.8. The molecule has 14 heavy (non-hydrogen) atoms. The Bertz CT molecular complexity index is 395. The summed E-state index contributed by atoms with van der Waals surface area (Å²) >= 11 is 0. The maximum atomic E-state index is 11.0. The van der Waals surface area contributed by atoms with Crippen molar-refractivity contribution < 1.29 is 19.9 Å². The molecular weight excluding hydrogens is 192 g/mol. The SMILES string of the molecule is C/C(=N/O)c1c(/C(C)=N/O)no[n+]1[O-]. The molecular formula is C6H8N4O4. The van der Waals surface area contributed by atoms with E-state index in [2.05, 4.69) is 20.1 Å². The predicted octanol–water partition coefficient (Wildman–Crippen LogP) is -0.296. The van der Waals surface area contributed by atoms with E-state index in [1.807, 2.05) is 0 Å². The van der Waals surface area contributed by atoms with Gasteiger partial charge in [0.25, 0.3) is 11.4 Å². The molecule has 0 saturated heterocycles. The zero-order valence-electron chi connectivity index (χ0n) is 7.50. The Labute approximate surface area is 78.3 Å². The van der Waals surface area contributed by atoms with Crippen molar-refractivity contribution in [1.82, 2.24) is 5.16 Å².